The lowest BCUT2D eigenvalue weighted by molar-refractivity contribution is -0.139. The third-order valence-corrected chi connectivity index (χ3v) is 5.93. The van der Waals surface area contributed by atoms with Gasteiger partial charge in [-0.3, -0.25) is 9.59 Å². The number of carbonyl (C=O) groups is 2. The standard InChI is InChI=1S/C26H28N4O3/c1-18-21(17-27-30(18)20-13-8-5-9-14-20)24(31)22-23(19-11-6-4-7-12-19)29(26(33)25(22)32)16-10-15-28(2)3/h4-9,11-14,17,23,31H,10,15-16H2,1-3H3/t23-/m0/s1. The molecule has 1 aromatic heterocycles. The lowest BCUT2D eigenvalue weighted by atomic mass is 9.95. The predicted octanol–water partition coefficient (Wildman–Crippen LogP) is 3.55. The van der Waals surface area contributed by atoms with Gasteiger partial charge in [-0.2, -0.15) is 5.10 Å². The second-order valence-electron chi connectivity index (χ2n) is 8.45. The Bertz CT molecular complexity index is 1180. The van der Waals surface area contributed by atoms with Crippen molar-refractivity contribution in [3.05, 3.63) is 89.3 Å². The average Bonchev–Trinajstić information content (AvgIpc) is 3.32. The van der Waals surface area contributed by atoms with Crippen LogP contribution in [0.2, 0.25) is 0 Å². The zero-order valence-corrected chi connectivity index (χ0v) is 19.1. The number of Topliss-reactive ketones (excluding diaryl/α,β-unsaturated/α-hetero) is 1. The molecule has 2 heterocycles. The highest BCUT2D eigenvalue weighted by atomic mass is 16.3. The Balaban J connectivity index is 1.79. The highest BCUT2D eigenvalue weighted by Crippen LogP contribution is 2.39. The van der Waals surface area contributed by atoms with Gasteiger partial charge in [-0.25, -0.2) is 4.68 Å². The number of carbonyl (C=O) groups excluding carboxylic acids is 2. The predicted molar refractivity (Wildman–Crippen MR) is 127 cm³/mol. The molecule has 0 unspecified atom stereocenters. The fourth-order valence-electron chi connectivity index (χ4n) is 4.27. The number of ketones is 1. The van der Waals surface area contributed by atoms with Crippen LogP contribution in [0.25, 0.3) is 11.4 Å². The molecule has 170 valence electrons. The van der Waals surface area contributed by atoms with Gasteiger partial charge in [-0.05, 0) is 51.7 Å². The van der Waals surface area contributed by atoms with Crippen LogP contribution < -0.4 is 0 Å². The minimum atomic E-state index is -0.668. The highest BCUT2D eigenvalue weighted by molar-refractivity contribution is 6.46. The smallest absolute Gasteiger partial charge is 0.295 e. The van der Waals surface area contributed by atoms with Gasteiger partial charge in [0, 0.05) is 6.54 Å². The van der Waals surface area contributed by atoms with Crippen molar-refractivity contribution in [2.45, 2.75) is 19.4 Å². The Labute approximate surface area is 193 Å². The minimum Gasteiger partial charge on any atom is -0.507 e. The fourth-order valence-corrected chi connectivity index (χ4v) is 4.27. The third kappa shape index (κ3) is 4.32. The summed E-state index contributed by atoms with van der Waals surface area (Å²) in [6, 6.07) is 18.3. The van der Waals surface area contributed by atoms with Gasteiger partial charge in [0.1, 0.15) is 5.76 Å². The average molecular weight is 445 g/mol. The number of aliphatic hydroxyl groups excluding tert-OH is 1. The largest absolute Gasteiger partial charge is 0.507 e. The fraction of sp³-hybridized carbons (Fsp3) is 0.269. The normalized spacial score (nSPS) is 17.8. The van der Waals surface area contributed by atoms with Gasteiger partial charge < -0.3 is 14.9 Å². The summed E-state index contributed by atoms with van der Waals surface area (Å²) < 4.78 is 1.71. The van der Waals surface area contributed by atoms with Crippen molar-refractivity contribution in [1.82, 2.24) is 19.6 Å². The van der Waals surface area contributed by atoms with Crippen LogP contribution in [0.3, 0.4) is 0 Å². The molecule has 1 saturated heterocycles. The molecule has 7 nitrogen and oxygen atoms in total. The number of nitrogens with zero attached hydrogens (tertiary/aromatic N) is 4. The summed E-state index contributed by atoms with van der Waals surface area (Å²) >= 11 is 0. The van der Waals surface area contributed by atoms with Gasteiger partial charge in [0.2, 0.25) is 0 Å². The molecule has 4 rings (SSSR count). The molecule has 1 fully saturated rings. The van der Waals surface area contributed by atoms with Gasteiger partial charge in [0.15, 0.2) is 0 Å². The molecule has 1 N–H and O–H groups in total. The maximum absolute atomic E-state index is 13.2. The first kappa shape index (κ1) is 22.5. The molecular weight excluding hydrogens is 416 g/mol. The van der Waals surface area contributed by atoms with Crippen LogP contribution in [0.4, 0.5) is 0 Å². The van der Waals surface area contributed by atoms with Crippen molar-refractivity contribution < 1.29 is 14.7 Å². The van der Waals surface area contributed by atoms with Crippen LogP contribution in [0.15, 0.2) is 72.4 Å². The van der Waals surface area contributed by atoms with E-state index in [1.807, 2.05) is 86.6 Å². The van der Waals surface area contributed by atoms with Crippen molar-refractivity contribution in [2.24, 2.45) is 0 Å². The van der Waals surface area contributed by atoms with Gasteiger partial charge in [0.05, 0.1) is 34.8 Å². The van der Waals surface area contributed by atoms with E-state index < -0.39 is 17.7 Å². The van der Waals surface area contributed by atoms with Crippen LogP contribution in [0, 0.1) is 6.92 Å². The SMILES string of the molecule is Cc1c(C(O)=C2C(=O)C(=O)N(CCCN(C)C)[C@H]2c2ccccc2)cnn1-c1ccccc1. The van der Waals surface area contributed by atoms with E-state index in [-0.39, 0.29) is 11.3 Å². The summed E-state index contributed by atoms with van der Waals surface area (Å²) in [4.78, 5) is 29.8. The van der Waals surface area contributed by atoms with E-state index in [0.29, 0.717) is 24.2 Å². The van der Waals surface area contributed by atoms with E-state index in [4.69, 9.17) is 0 Å². The molecule has 1 atom stereocenters. The van der Waals surface area contributed by atoms with Gasteiger partial charge in [0.25, 0.3) is 11.7 Å². The van der Waals surface area contributed by atoms with Crippen LogP contribution in [-0.2, 0) is 9.59 Å². The van der Waals surface area contributed by atoms with E-state index in [2.05, 4.69) is 5.10 Å². The summed E-state index contributed by atoms with van der Waals surface area (Å²) in [7, 11) is 3.94. The monoisotopic (exact) mass is 444 g/mol. The number of rotatable bonds is 7. The third-order valence-electron chi connectivity index (χ3n) is 5.93. The lowest BCUT2D eigenvalue weighted by Crippen LogP contribution is -2.32. The van der Waals surface area contributed by atoms with E-state index in [9.17, 15) is 14.7 Å². The zero-order chi connectivity index (χ0) is 23.5. The molecule has 7 heteroatoms. The number of hydrogen-bond acceptors (Lipinski definition) is 5. The summed E-state index contributed by atoms with van der Waals surface area (Å²) in [5.41, 5.74) is 2.86. The first-order valence-corrected chi connectivity index (χ1v) is 11.0. The summed E-state index contributed by atoms with van der Waals surface area (Å²) in [5, 5.41) is 15.7. The van der Waals surface area contributed by atoms with Crippen molar-refractivity contribution >= 4 is 17.4 Å². The van der Waals surface area contributed by atoms with Crippen molar-refractivity contribution in [3.63, 3.8) is 0 Å². The highest BCUT2D eigenvalue weighted by Gasteiger charge is 2.46. The number of benzene rings is 2. The van der Waals surface area contributed by atoms with Crippen LogP contribution in [0.5, 0.6) is 0 Å². The molecule has 33 heavy (non-hydrogen) atoms. The van der Waals surface area contributed by atoms with Gasteiger partial charge in [-0.1, -0.05) is 48.5 Å². The van der Waals surface area contributed by atoms with Crippen molar-refractivity contribution in [1.29, 1.82) is 0 Å². The Hall–Kier alpha value is -3.71. The Morgan fingerprint density at radius 3 is 2.30 bits per heavy atom. The molecule has 1 aliphatic heterocycles. The van der Waals surface area contributed by atoms with Crippen LogP contribution in [-0.4, -0.2) is 63.6 Å². The van der Waals surface area contributed by atoms with E-state index in [0.717, 1.165) is 17.8 Å². The maximum Gasteiger partial charge on any atom is 0.295 e. The van der Waals surface area contributed by atoms with E-state index >= 15 is 0 Å². The van der Waals surface area contributed by atoms with Crippen LogP contribution >= 0.6 is 0 Å². The van der Waals surface area contributed by atoms with E-state index in [1.165, 1.54) is 0 Å². The quantitative estimate of drug-likeness (QED) is 0.343. The molecule has 0 aliphatic carbocycles. The molecule has 0 radical (unpaired) electrons. The number of para-hydroxylation sites is 1. The minimum absolute atomic E-state index is 0.103. The number of amides is 1. The second kappa shape index (κ2) is 9.42. The second-order valence-corrected chi connectivity index (χ2v) is 8.45. The van der Waals surface area contributed by atoms with Gasteiger partial charge >= 0.3 is 0 Å². The summed E-state index contributed by atoms with van der Waals surface area (Å²) in [5.74, 6) is -1.45. The molecule has 3 aromatic rings. The first-order valence-electron chi connectivity index (χ1n) is 11.0. The Morgan fingerprint density at radius 2 is 1.67 bits per heavy atom. The summed E-state index contributed by atoms with van der Waals surface area (Å²) in [6.07, 6.45) is 2.26. The molecule has 0 bridgehead atoms. The molecule has 1 amide bonds. The molecule has 1 aliphatic rings. The maximum atomic E-state index is 13.2. The molecule has 2 aromatic carbocycles. The topological polar surface area (TPSA) is 78.7 Å². The Kier molecular flexibility index (Phi) is 6.42. The molecular formula is C26H28N4O3. The van der Waals surface area contributed by atoms with E-state index in [1.54, 1.807) is 15.8 Å². The number of aromatic nitrogens is 2. The lowest BCUT2D eigenvalue weighted by Gasteiger charge is -2.25. The van der Waals surface area contributed by atoms with Crippen molar-refractivity contribution in [2.75, 3.05) is 27.2 Å². The number of hydrogen-bond donors (Lipinski definition) is 1. The number of aliphatic hydroxyl groups is 1. The van der Waals surface area contributed by atoms with Crippen molar-refractivity contribution in [3.8, 4) is 5.69 Å². The molecule has 0 saturated carbocycles. The molecule has 0 spiro atoms. The van der Waals surface area contributed by atoms with Crippen LogP contribution in [0.1, 0.15) is 29.3 Å². The Morgan fingerprint density at radius 1 is 1.03 bits per heavy atom. The summed E-state index contributed by atoms with van der Waals surface area (Å²) in [6.45, 7) is 3.04. The van der Waals surface area contributed by atoms with Gasteiger partial charge in [-0.15, -0.1) is 0 Å². The zero-order valence-electron chi connectivity index (χ0n) is 19.1. The number of likely N-dealkylation sites (tertiary alicyclic amines) is 1. The first-order chi connectivity index (χ1) is 15.9.